The van der Waals surface area contributed by atoms with Gasteiger partial charge in [-0.05, 0) is 44.4 Å². The van der Waals surface area contributed by atoms with Gasteiger partial charge in [0.25, 0.3) is 0 Å². The van der Waals surface area contributed by atoms with E-state index in [0.29, 0.717) is 19.8 Å². The molecule has 146 valence electrons. The highest BCUT2D eigenvalue weighted by atomic mass is 16.5. The SMILES string of the molecule is CCNC(=NCc1cccc(OCCCOC)c1)NCC1(C)CCCO1. The number of nitrogens with one attached hydrogen (secondary N) is 2. The Kier molecular flexibility index (Phi) is 8.71. The number of aliphatic imine (C=N–C) groups is 1. The summed E-state index contributed by atoms with van der Waals surface area (Å²) < 4.78 is 16.6. The lowest BCUT2D eigenvalue weighted by atomic mass is 10.0. The van der Waals surface area contributed by atoms with Crippen LogP contribution in [0.5, 0.6) is 5.75 Å². The van der Waals surface area contributed by atoms with Gasteiger partial charge >= 0.3 is 0 Å². The molecule has 1 atom stereocenters. The van der Waals surface area contributed by atoms with Gasteiger partial charge in [-0.25, -0.2) is 4.99 Å². The zero-order chi connectivity index (χ0) is 18.7. The van der Waals surface area contributed by atoms with E-state index in [2.05, 4.69) is 35.5 Å². The van der Waals surface area contributed by atoms with Gasteiger partial charge in [-0.1, -0.05) is 12.1 Å². The van der Waals surface area contributed by atoms with Gasteiger partial charge in [-0.3, -0.25) is 0 Å². The molecule has 0 aliphatic carbocycles. The molecule has 26 heavy (non-hydrogen) atoms. The van der Waals surface area contributed by atoms with Gasteiger partial charge < -0.3 is 24.8 Å². The predicted molar refractivity (Wildman–Crippen MR) is 105 cm³/mol. The van der Waals surface area contributed by atoms with Crippen LogP contribution in [0.4, 0.5) is 0 Å². The summed E-state index contributed by atoms with van der Waals surface area (Å²) in [4.78, 5) is 4.69. The van der Waals surface area contributed by atoms with Gasteiger partial charge in [-0.15, -0.1) is 0 Å². The number of nitrogens with zero attached hydrogens (tertiary/aromatic N) is 1. The smallest absolute Gasteiger partial charge is 0.191 e. The average Bonchev–Trinajstić information content (AvgIpc) is 3.08. The van der Waals surface area contributed by atoms with Crippen molar-refractivity contribution in [2.24, 2.45) is 4.99 Å². The summed E-state index contributed by atoms with van der Waals surface area (Å²) >= 11 is 0. The fourth-order valence-electron chi connectivity index (χ4n) is 2.89. The third kappa shape index (κ3) is 7.22. The molecule has 2 rings (SSSR count). The fourth-order valence-corrected chi connectivity index (χ4v) is 2.89. The van der Waals surface area contributed by atoms with Crippen molar-refractivity contribution < 1.29 is 14.2 Å². The highest BCUT2D eigenvalue weighted by Crippen LogP contribution is 2.23. The third-order valence-electron chi connectivity index (χ3n) is 4.35. The Morgan fingerprint density at radius 2 is 2.19 bits per heavy atom. The molecule has 1 aromatic rings. The van der Waals surface area contributed by atoms with Crippen molar-refractivity contribution in [3.05, 3.63) is 29.8 Å². The van der Waals surface area contributed by atoms with E-state index < -0.39 is 0 Å². The van der Waals surface area contributed by atoms with Crippen molar-refractivity contribution in [2.45, 2.75) is 45.3 Å². The second-order valence-corrected chi connectivity index (χ2v) is 6.79. The van der Waals surface area contributed by atoms with Gasteiger partial charge in [0.2, 0.25) is 0 Å². The maximum Gasteiger partial charge on any atom is 0.191 e. The monoisotopic (exact) mass is 363 g/mol. The molecule has 0 bridgehead atoms. The van der Waals surface area contributed by atoms with Gasteiger partial charge in [0, 0.05) is 39.8 Å². The number of hydrogen-bond donors (Lipinski definition) is 2. The molecule has 6 heteroatoms. The van der Waals surface area contributed by atoms with Crippen LogP contribution in [-0.4, -0.2) is 51.6 Å². The molecule has 1 fully saturated rings. The largest absolute Gasteiger partial charge is 0.493 e. The number of guanidine groups is 1. The van der Waals surface area contributed by atoms with E-state index >= 15 is 0 Å². The van der Waals surface area contributed by atoms with E-state index in [1.165, 1.54) is 0 Å². The molecular weight excluding hydrogens is 330 g/mol. The minimum absolute atomic E-state index is 0.0911. The fraction of sp³-hybridized carbons (Fsp3) is 0.650. The molecule has 2 N–H and O–H groups in total. The summed E-state index contributed by atoms with van der Waals surface area (Å²) in [7, 11) is 1.70. The number of benzene rings is 1. The molecule has 1 heterocycles. The van der Waals surface area contributed by atoms with Crippen molar-refractivity contribution in [1.82, 2.24) is 10.6 Å². The Morgan fingerprint density at radius 1 is 1.31 bits per heavy atom. The number of rotatable bonds is 10. The first-order valence-corrected chi connectivity index (χ1v) is 9.52. The lowest BCUT2D eigenvalue weighted by Crippen LogP contribution is -2.45. The van der Waals surface area contributed by atoms with Crippen LogP contribution in [0.2, 0.25) is 0 Å². The number of hydrogen-bond acceptors (Lipinski definition) is 4. The summed E-state index contributed by atoms with van der Waals surface area (Å²) in [5, 5.41) is 6.70. The molecule has 1 aromatic carbocycles. The highest BCUT2D eigenvalue weighted by Gasteiger charge is 2.29. The van der Waals surface area contributed by atoms with E-state index in [9.17, 15) is 0 Å². The number of methoxy groups -OCH3 is 1. The Labute approximate surface area is 157 Å². The zero-order valence-corrected chi connectivity index (χ0v) is 16.3. The summed E-state index contributed by atoms with van der Waals surface area (Å²) in [6.45, 7) is 8.63. The molecule has 0 spiro atoms. The highest BCUT2D eigenvalue weighted by molar-refractivity contribution is 5.79. The first-order chi connectivity index (χ1) is 12.6. The zero-order valence-electron chi connectivity index (χ0n) is 16.3. The summed E-state index contributed by atoms with van der Waals surface area (Å²) in [6.07, 6.45) is 3.10. The molecule has 0 amide bonds. The molecule has 0 saturated carbocycles. The van der Waals surface area contributed by atoms with Crippen LogP contribution in [0, 0.1) is 0 Å². The van der Waals surface area contributed by atoms with E-state index in [1.54, 1.807) is 7.11 Å². The van der Waals surface area contributed by atoms with Crippen LogP contribution in [0.15, 0.2) is 29.3 Å². The quantitative estimate of drug-likeness (QED) is 0.380. The van der Waals surface area contributed by atoms with Crippen LogP contribution in [0.25, 0.3) is 0 Å². The van der Waals surface area contributed by atoms with Crippen LogP contribution in [0.1, 0.15) is 38.7 Å². The molecule has 1 aliphatic rings. The molecule has 6 nitrogen and oxygen atoms in total. The van der Waals surface area contributed by atoms with Gasteiger partial charge in [0.05, 0.1) is 18.8 Å². The van der Waals surface area contributed by atoms with E-state index in [1.807, 2.05) is 18.2 Å². The molecule has 1 saturated heterocycles. The second kappa shape index (κ2) is 11.0. The van der Waals surface area contributed by atoms with E-state index in [4.69, 9.17) is 14.2 Å². The normalized spacial score (nSPS) is 20.2. The van der Waals surface area contributed by atoms with Crippen LogP contribution < -0.4 is 15.4 Å². The molecule has 0 radical (unpaired) electrons. The Balaban J connectivity index is 1.87. The van der Waals surface area contributed by atoms with E-state index in [-0.39, 0.29) is 5.60 Å². The van der Waals surface area contributed by atoms with Crippen LogP contribution in [0.3, 0.4) is 0 Å². The first-order valence-electron chi connectivity index (χ1n) is 9.52. The third-order valence-corrected chi connectivity index (χ3v) is 4.35. The average molecular weight is 364 g/mol. The first kappa shape index (κ1) is 20.5. The Hall–Kier alpha value is -1.79. The minimum Gasteiger partial charge on any atom is -0.493 e. The molecule has 1 aliphatic heterocycles. The summed E-state index contributed by atoms with van der Waals surface area (Å²) in [5.74, 6) is 1.69. The lowest BCUT2D eigenvalue weighted by Gasteiger charge is -2.24. The van der Waals surface area contributed by atoms with Crippen molar-refractivity contribution in [1.29, 1.82) is 0 Å². The standard InChI is InChI=1S/C20H33N3O3/c1-4-21-19(23-16-20(2)10-6-13-26-20)22-15-17-8-5-9-18(14-17)25-12-7-11-24-3/h5,8-9,14H,4,6-7,10-13,15-16H2,1-3H3,(H2,21,22,23). The van der Waals surface area contributed by atoms with Gasteiger partial charge in [0.15, 0.2) is 5.96 Å². The Bertz CT molecular complexity index is 557. The van der Waals surface area contributed by atoms with Crippen LogP contribution >= 0.6 is 0 Å². The summed E-state index contributed by atoms with van der Waals surface area (Å²) in [5.41, 5.74) is 1.03. The van der Waals surface area contributed by atoms with Crippen molar-refractivity contribution in [2.75, 3.05) is 40.0 Å². The van der Waals surface area contributed by atoms with Crippen molar-refractivity contribution in [3.63, 3.8) is 0 Å². The van der Waals surface area contributed by atoms with Crippen molar-refractivity contribution in [3.8, 4) is 5.75 Å². The van der Waals surface area contributed by atoms with E-state index in [0.717, 1.165) is 56.2 Å². The maximum atomic E-state index is 5.83. The summed E-state index contributed by atoms with van der Waals surface area (Å²) in [6, 6.07) is 8.09. The maximum absolute atomic E-state index is 5.83. The number of ether oxygens (including phenoxy) is 3. The van der Waals surface area contributed by atoms with Crippen LogP contribution in [-0.2, 0) is 16.0 Å². The van der Waals surface area contributed by atoms with Gasteiger partial charge in [-0.2, -0.15) is 0 Å². The topological polar surface area (TPSA) is 64.1 Å². The second-order valence-electron chi connectivity index (χ2n) is 6.79. The molecular formula is C20H33N3O3. The predicted octanol–water partition coefficient (Wildman–Crippen LogP) is 2.73. The lowest BCUT2D eigenvalue weighted by molar-refractivity contribution is 0.0243. The van der Waals surface area contributed by atoms with Crippen molar-refractivity contribution >= 4 is 5.96 Å². The minimum atomic E-state index is -0.0911. The van der Waals surface area contributed by atoms with Gasteiger partial charge in [0.1, 0.15) is 5.75 Å². The molecule has 0 aromatic heterocycles. The molecule has 1 unspecified atom stereocenters. The Morgan fingerprint density at radius 3 is 2.92 bits per heavy atom.